The Kier molecular flexibility index (Phi) is 10.8. The number of hydrogen-bond donors (Lipinski definition) is 0. The Morgan fingerprint density at radius 3 is 1.89 bits per heavy atom. The van der Waals surface area contributed by atoms with Crippen LogP contribution in [0.5, 0.6) is 0 Å². The van der Waals surface area contributed by atoms with E-state index in [-0.39, 0.29) is 34.7 Å². The molecule has 0 aliphatic rings. The van der Waals surface area contributed by atoms with Gasteiger partial charge in [0.05, 0.1) is 28.6 Å². The molecule has 54 heavy (non-hydrogen) atoms. The van der Waals surface area contributed by atoms with Crippen molar-refractivity contribution in [2.45, 2.75) is 44.9 Å². The maximum atomic E-state index is 13.9. The minimum absolute atomic E-state index is 0.0173. The molecular weight excluding hydrogens is 731 g/mol. The SMILES string of the molecule is CCN(CC)c1ccc2cc(-c3cc(-c4ccccc4C(=O)Sc4cc(C(F)(F)F)cc(C(F)(F)F)c4)c4ccc(N(CC)CC)cc4[o+]3)c(=O)oc2c1. The average molecular weight is 766 g/mol. The van der Waals surface area contributed by atoms with E-state index < -0.39 is 39.1 Å². The minimum atomic E-state index is -5.08. The molecule has 0 radical (unpaired) electrons. The van der Waals surface area contributed by atoms with Gasteiger partial charge in [0.15, 0.2) is 5.56 Å². The first kappa shape index (κ1) is 38.4. The largest absolute Gasteiger partial charge is 0.422 e. The lowest BCUT2D eigenvalue weighted by atomic mass is 9.95. The molecule has 0 spiro atoms. The van der Waals surface area contributed by atoms with Crippen molar-refractivity contribution in [3.63, 3.8) is 0 Å². The molecule has 2 aromatic heterocycles. The normalized spacial score (nSPS) is 12.0. The first-order chi connectivity index (χ1) is 25.6. The van der Waals surface area contributed by atoms with Crippen molar-refractivity contribution in [2.24, 2.45) is 0 Å². The van der Waals surface area contributed by atoms with Crippen molar-refractivity contribution in [3.8, 4) is 22.5 Å². The Hall–Kier alpha value is -5.30. The summed E-state index contributed by atoms with van der Waals surface area (Å²) in [5.74, 6) is 0.125. The fourth-order valence-corrected chi connectivity index (χ4v) is 7.29. The van der Waals surface area contributed by atoms with Gasteiger partial charge in [0, 0.05) is 65.0 Å². The highest BCUT2D eigenvalue weighted by Crippen LogP contribution is 2.42. The van der Waals surface area contributed by atoms with Crippen molar-refractivity contribution < 1.29 is 40.0 Å². The molecule has 4 aromatic carbocycles. The minimum Gasteiger partial charge on any atom is -0.422 e. The van der Waals surface area contributed by atoms with E-state index in [1.54, 1.807) is 42.5 Å². The van der Waals surface area contributed by atoms with Gasteiger partial charge >= 0.3 is 29.3 Å². The molecule has 13 heteroatoms. The lowest BCUT2D eigenvalue weighted by Crippen LogP contribution is -2.21. The van der Waals surface area contributed by atoms with Gasteiger partial charge in [-0.05, 0) is 99.6 Å². The number of alkyl halides is 6. The smallest absolute Gasteiger partial charge is 0.416 e. The molecule has 2 heterocycles. The number of thioether (sulfide) groups is 1. The van der Waals surface area contributed by atoms with Crippen molar-refractivity contribution in [2.75, 3.05) is 36.0 Å². The van der Waals surface area contributed by atoms with Crippen LogP contribution in [0.1, 0.15) is 49.2 Å². The molecule has 6 nitrogen and oxygen atoms in total. The molecule has 6 rings (SSSR count). The standard InChI is InChI=1S/C41H35F6N2O4S/c1-5-48(6-2)27-14-13-24-17-34(38(50)53-35(24)21-27)37-23-33(31-16-15-28(22-36(31)52-37)49(7-3)8-4)30-11-9-10-12-32(30)39(51)54-29-19-25(40(42,43)44)18-26(20-29)41(45,46)47/h9-23H,5-8H2,1-4H3/q+1. The van der Waals surface area contributed by atoms with Crippen LogP contribution in [-0.2, 0) is 12.4 Å². The molecule has 6 aromatic rings. The van der Waals surface area contributed by atoms with Gasteiger partial charge < -0.3 is 14.2 Å². The predicted molar refractivity (Wildman–Crippen MR) is 201 cm³/mol. The van der Waals surface area contributed by atoms with Gasteiger partial charge in [0.25, 0.3) is 0 Å². The third-order valence-corrected chi connectivity index (χ3v) is 10.1. The average Bonchev–Trinajstić information content (AvgIpc) is 3.14. The summed E-state index contributed by atoms with van der Waals surface area (Å²) in [5, 5.41) is 0.399. The zero-order chi connectivity index (χ0) is 38.9. The molecule has 0 saturated carbocycles. The molecule has 0 amide bonds. The summed E-state index contributed by atoms with van der Waals surface area (Å²) in [6, 6.07) is 21.7. The molecule has 0 N–H and O–H groups in total. The van der Waals surface area contributed by atoms with Crippen LogP contribution in [0.4, 0.5) is 37.7 Å². The van der Waals surface area contributed by atoms with Crippen LogP contribution in [0.2, 0.25) is 0 Å². The number of fused-ring (bicyclic) bond motifs is 2. The predicted octanol–water partition coefficient (Wildman–Crippen LogP) is 11.8. The van der Waals surface area contributed by atoms with Crippen LogP contribution in [0.25, 0.3) is 44.4 Å². The molecule has 0 atom stereocenters. The van der Waals surface area contributed by atoms with E-state index in [0.717, 1.165) is 24.5 Å². The molecule has 280 valence electrons. The number of anilines is 2. The molecule has 0 saturated heterocycles. The van der Waals surface area contributed by atoms with E-state index in [2.05, 4.69) is 9.80 Å². The number of carbonyl (C=O) groups excluding carboxylic acids is 1. The Balaban J connectivity index is 1.52. The zero-order valence-electron chi connectivity index (χ0n) is 29.7. The summed E-state index contributed by atoms with van der Waals surface area (Å²) in [5.41, 5.74) is -0.346. The highest BCUT2D eigenvalue weighted by Gasteiger charge is 2.37. The fraction of sp³-hybridized carbons (Fsp3) is 0.244. The number of hydrogen-bond acceptors (Lipinski definition) is 6. The van der Waals surface area contributed by atoms with Gasteiger partial charge in [-0.15, -0.1) is 0 Å². The number of rotatable bonds is 10. The Morgan fingerprint density at radius 1 is 0.685 bits per heavy atom. The van der Waals surface area contributed by atoms with E-state index in [9.17, 15) is 35.9 Å². The van der Waals surface area contributed by atoms with Crippen LogP contribution < -0.4 is 15.4 Å². The third-order valence-electron chi connectivity index (χ3n) is 9.20. The molecule has 0 aliphatic carbocycles. The number of nitrogens with zero attached hydrogens (tertiary/aromatic N) is 2. The molecule has 0 unspecified atom stereocenters. The van der Waals surface area contributed by atoms with Crippen LogP contribution in [0.15, 0.2) is 110 Å². The number of carbonyl (C=O) groups is 1. The highest BCUT2D eigenvalue weighted by atomic mass is 32.2. The van der Waals surface area contributed by atoms with E-state index in [1.165, 1.54) is 6.07 Å². The van der Waals surface area contributed by atoms with Crippen molar-refractivity contribution in [3.05, 3.63) is 118 Å². The summed E-state index contributed by atoms with van der Waals surface area (Å²) in [4.78, 5) is 31.2. The maximum absolute atomic E-state index is 13.9. The van der Waals surface area contributed by atoms with E-state index in [0.29, 0.717) is 58.3 Å². The van der Waals surface area contributed by atoms with Crippen LogP contribution >= 0.6 is 11.8 Å². The lowest BCUT2D eigenvalue weighted by molar-refractivity contribution is -0.143. The Labute approximate surface area is 311 Å². The van der Waals surface area contributed by atoms with Crippen LogP contribution in [-0.4, -0.2) is 31.3 Å². The summed E-state index contributed by atoms with van der Waals surface area (Å²) in [6.45, 7) is 11.0. The highest BCUT2D eigenvalue weighted by molar-refractivity contribution is 8.14. The molecule has 0 aliphatic heterocycles. The number of halogens is 6. The Bertz CT molecular complexity index is 2390. The third kappa shape index (κ3) is 7.82. The van der Waals surface area contributed by atoms with E-state index >= 15 is 0 Å². The summed E-state index contributed by atoms with van der Waals surface area (Å²) in [7, 11) is 0. The van der Waals surface area contributed by atoms with Gasteiger partial charge in [-0.1, -0.05) is 18.2 Å². The molecule has 0 fully saturated rings. The fourth-order valence-electron chi connectivity index (χ4n) is 6.42. The second-order valence-corrected chi connectivity index (χ2v) is 13.4. The summed E-state index contributed by atoms with van der Waals surface area (Å²) < 4.78 is 93.9. The monoisotopic (exact) mass is 765 g/mol. The summed E-state index contributed by atoms with van der Waals surface area (Å²) in [6.07, 6.45) is -10.2. The lowest BCUT2D eigenvalue weighted by Gasteiger charge is -2.21. The van der Waals surface area contributed by atoms with Gasteiger partial charge in [-0.25, -0.2) is 9.21 Å². The molecular formula is C41H35F6N2O4S+. The maximum Gasteiger partial charge on any atom is 0.416 e. The van der Waals surface area contributed by atoms with E-state index in [1.807, 2.05) is 52.0 Å². The topological polar surface area (TPSA) is 65.1 Å². The van der Waals surface area contributed by atoms with Crippen molar-refractivity contribution in [1.82, 2.24) is 0 Å². The first-order valence-electron chi connectivity index (χ1n) is 17.2. The molecule has 0 bridgehead atoms. The Morgan fingerprint density at radius 2 is 1.28 bits per heavy atom. The van der Waals surface area contributed by atoms with Crippen LogP contribution in [0.3, 0.4) is 0 Å². The van der Waals surface area contributed by atoms with Crippen molar-refractivity contribution >= 4 is 50.2 Å². The first-order valence-corrected chi connectivity index (χ1v) is 18.1. The summed E-state index contributed by atoms with van der Waals surface area (Å²) >= 11 is 0.257. The van der Waals surface area contributed by atoms with Gasteiger partial charge in [0.2, 0.25) is 5.12 Å². The van der Waals surface area contributed by atoms with Gasteiger partial charge in [-0.3, -0.25) is 4.79 Å². The quantitative estimate of drug-likeness (QED) is 0.0595. The van der Waals surface area contributed by atoms with Gasteiger partial charge in [-0.2, -0.15) is 26.3 Å². The number of benzene rings is 4. The van der Waals surface area contributed by atoms with Gasteiger partial charge in [0.1, 0.15) is 5.58 Å². The van der Waals surface area contributed by atoms with E-state index in [4.69, 9.17) is 8.83 Å². The second-order valence-electron chi connectivity index (χ2n) is 12.4. The van der Waals surface area contributed by atoms with Crippen molar-refractivity contribution in [1.29, 1.82) is 0 Å². The zero-order valence-corrected chi connectivity index (χ0v) is 30.5. The van der Waals surface area contributed by atoms with Crippen LogP contribution in [0, 0.1) is 0 Å². The second kappa shape index (κ2) is 15.2.